The third-order valence-corrected chi connectivity index (χ3v) is 9.64. The average molecular weight is 705 g/mol. The van der Waals surface area contributed by atoms with Crippen LogP contribution in [-0.2, 0) is 7.05 Å². The molecule has 1 aliphatic heterocycles. The van der Waals surface area contributed by atoms with Crippen LogP contribution in [0.4, 0.5) is 0 Å². The van der Waals surface area contributed by atoms with Crippen molar-refractivity contribution < 1.29 is 9.47 Å². The standard InChI is InChI=1S/C28H36IN8O2P.C2H6/c1-18-22-7-8-25-23-14-19(6-9-26(23)37(32-25)40-29)24-17-31-35(4)28(24)39-13-5-12-38-27(22)33-36(18)21-15-20(16-21)30-10-11-34(2)3;1-2/h6-9,14,17,20-21,30,40H,5,10-13,15-16H2,1-4H3;1-2H3/b8-7+;. The summed E-state index contributed by atoms with van der Waals surface area (Å²) < 4.78 is 18.5. The van der Waals surface area contributed by atoms with E-state index < -0.39 is 0 Å². The third-order valence-electron chi connectivity index (χ3n) is 7.77. The van der Waals surface area contributed by atoms with Crippen LogP contribution in [0.2, 0.25) is 0 Å². The number of benzene rings is 1. The Morgan fingerprint density at radius 1 is 1.12 bits per heavy atom. The van der Waals surface area contributed by atoms with Crippen molar-refractivity contribution in [1.82, 2.24) is 39.3 Å². The maximum atomic E-state index is 6.28. The van der Waals surface area contributed by atoms with E-state index in [0.29, 0.717) is 37.6 Å². The van der Waals surface area contributed by atoms with E-state index in [1.807, 2.05) is 27.1 Å². The molecule has 0 amide bonds. The predicted molar refractivity (Wildman–Crippen MR) is 181 cm³/mol. The molecule has 1 N–H and O–H groups in total. The van der Waals surface area contributed by atoms with Crippen LogP contribution in [0.1, 0.15) is 56.1 Å². The summed E-state index contributed by atoms with van der Waals surface area (Å²) in [6.07, 6.45) is 9.49. The van der Waals surface area contributed by atoms with Gasteiger partial charge in [-0.3, -0.25) is 4.68 Å². The van der Waals surface area contributed by atoms with Gasteiger partial charge >= 0.3 is 0 Å². The first-order chi connectivity index (χ1) is 20.4. The lowest BCUT2D eigenvalue weighted by molar-refractivity contribution is 0.196. The third kappa shape index (κ3) is 6.39. The summed E-state index contributed by atoms with van der Waals surface area (Å²) in [7, 11) is 6.13. The fourth-order valence-electron chi connectivity index (χ4n) is 5.46. The Morgan fingerprint density at radius 2 is 1.90 bits per heavy atom. The smallest absolute Gasteiger partial charge is 0.240 e. The first-order valence-corrected chi connectivity index (χ1v) is 18.8. The van der Waals surface area contributed by atoms with Crippen molar-refractivity contribution in [2.24, 2.45) is 7.05 Å². The zero-order valence-electron chi connectivity index (χ0n) is 25.4. The molecule has 12 heteroatoms. The van der Waals surface area contributed by atoms with Crippen molar-refractivity contribution >= 4 is 51.5 Å². The van der Waals surface area contributed by atoms with Gasteiger partial charge in [0, 0.05) is 43.7 Å². The molecular weight excluding hydrogens is 662 g/mol. The van der Waals surface area contributed by atoms with Crippen molar-refractivity contribution in [3.05, 3.63) is 41.3 Å². The highest BCUT2D eigenvalue weighted by Crippen LogP contribution is 2.38. The Balaban J connectivity index is 0.00000173. The number of aryl methyl sites for hydroxylation is 1. The number of rotatable bonds is 6. The number of hydrogen-bond donors (Lipinski definition) is 1. The minimum Gasteiger partial charge on any atom is -0.477 e. The van der Waals surface area contributed by atoms with E-state index in [1.54, 1.807) is 4.68 Å². The molecule has 1 saturated carbocycles. The van der Waals surface area contributed by atoms with Gasteiger partial charge in [-0.15, -0.1) is 5.10 Å². The highest BCUT2D eigenvalue weighted by molar-refractivity contribution is 14.2. The number of fused-ring (bicyclic) bond motifs is 4. The first-order valence-electron chi connectivity index (χ1n) is 14.8. The number of aromatic nitrogens is 6. The Morgan fingerprint density at radius 3 is 2.67 bits per heavy atom. The molecular formula is C30H42IN8O2P. The molecule has 6 rings (SSSR count). The zero-order chi connectivity index (χ0) is 29.8. The molecule has 0 saturated heterocycles. The fraction of sp³-hybridized carbons (Fsp3) is 0.500. The molecule has 4 heterocycles. The maximum Gasteiger partial charge on any atom is 0.240 e. The van der Waals surface area contributed by atoms with Gasteiger partial charge in [0.2, 0.25) is 11.8 Å². The maximum absolute atomic E-state index is 6.28. The highest BCUT2D eigenvalue weighted by atomic mass is 127. The van der Waals surface area contributed by atoms with Gasteiger partial charge in [0.05, 0.1) is 54.2 Å². The van der Waals surface area contributed by atoms with Gasteiger partial charge in [-0.2, -0.15) is 10.2 Å². The second kappa shape index (κ2) is 13.9. The van der Waals surface area contributed by atoms with Gasteiger partial charge < -0.3 is 19.7 Å². The molecule has 1 aromatic carbocycles. The van der Waals surface area contributed by atoms with Crippen LogP contribution in [0.3, 0.4) is 0 Å². The van der Waals surface area contributed by atoms with Gasteiger partial charge in [0.1, 0.15) is 0 Å². The number of hydrogen-bond acceptors (Lipinski definition) is 7. The van der Waals surface area contributed by atoms with Crippen LogP contribution in [0, 0.1) is 6.92 Å². The van der Waals surface area contributed by atoms with Crippen LogP contribution in [0.25, 0.3) is 34.2 Å². The van der Waals surface area contributed by atoms with Crippen molar-refractivity contribution in [2.75, 3.05) is 40.4 Å². The predicted octanol–water partition coefficient (Wildman–Crippen LogP) is 5.95. The largest absolute Gasteiger partial charge is 0.477 e. The minimum atomic E-state index is 0.376. The summed E-state index contributed by atoms with van der Waals surface area (Å²) in [5, 5.41) is 19.2. The average Bonchev–Trinajstić information content (AvgIpc) is 3.61. The number of ether oxygens (including phenoxy) is 2. The summed E-state index contributed by atoms with van der Waals surface area (Å²) in [6, 6.07) is 7.39. The van der Waals surface area contributed by atoms with Crippen LogP contribution < -0.4 is 14.8 Å². The molecule has 4 aromatic rings. The molecule has 1 atom stereocenters. The van der Waals surface area contributed by atoms with Crippen molar-refractivity contribution in [1.29, 1.82) is 0 Å². The van der Waals surface area contributed by atoms with E-state index in [0.717, 1.165) is 77.2 Å². The van der Waals surface area contributed by atoms with Crippen LogP contribution in [-0.4, -0.2) is 80.5 Å². The molecule has 2 bridgehead atoms. The summed E-state index contributed by atoms with van der Waals surface area (Å²) in [4.78, 5) is 2.21. The number of likely N-dealkylation sites (N-methyl/N-ethyl adjacent to an activating group) is 1. The molecule has 0 spiro atoms. The second-order valence-electron chi connectivity index (χ2n) is 10.8. The lowest BCUT2D eigenvalue weighted by atomic mass is 9.86. The number of nitrogens with one attached hydrogen (secondary N) is 1. The van der Waals surface area contributed by atoms with Crippen LogP contribution in [0.15, 0.2) is 24.4 Å². The van der Waals surface area contributed by atoms with Crippen LogP contribution in [0.5, 0.6) is 11.8 Å². The van der Waals surface area contributed by atoms with Crippen molar-refractivity contribution in [3.63, 3.8) is 0 Å². The van der Waals surface area contributed by atoms with Gasteiger partial charge in [-0.05, 0) is 85.7 Å². The SMILES string of the molecule is CC.Cc1c2c(nn1C1CC(NCCN(C)C)C1)OCCCOc1c(cnn1C)-c1ccc3c(c1)c(nn3PI)/C=C/2. The molecule has 1 fully saturated rings. The number of nitrogens with zero attached hydrogens (tertiary/aromatic N) is 7. The molecule has 0 radical (unpaired) electrons. The molecule has 2 aliphatic rings. The normalized spacial score (nSPS) is 19.3. The molecule has 10 nitrogen and oxygen atoms in total. The summed E-state index contributed by atoms with van der Waals surface area (Å²) in [5.41, 5.74) is 6.22. The molecule has 42 heavy (non-hydrogen) atoms. The van der Waals surface area contributed by atoms with E-state index in [9.17, 15) is 0 Å². The Kier molecular flexibility index (Phi) is 10.2. The van der Waals surface area contributed by atoms with E-state index in [-0.39, 0.29) is 0 Å². The summed E-state index contributed by atoms with van der Waals surface area (Å²) in [6.45, 7) is 9.25. The van der Waals surface area contributed by atoms with E-state index in [2.05, 4.69) is 97.9 Å². The molecule has 226 valence electrons. The molecule has 1 aliphatic carbocycles. The Hall–Kier alpha value is -2.47. The topological polar surface area (TPSA) is 87.2 Å². The zero-order valence-corrected chi connectivity index (χ0v) is 28.6. The number of halogens is 1. The Bertz CT molecular complexity index is 1540. The highest BCUT2D eigenvalue weighted by Gasteiger charge is 2.33. The summed E-state index contributed by atoms with van der Waals surface area (Å²) >= 11 is 2.38. The van der Waals surface area contributed by atoms with Gasteiger partial charge in [0.25, 0.3) is 0 Å². The van der Waals surface area contributed by atoms with E-state index in [4.69, 9.17) is 19.7 Å². The minimum absolute atomic E-state index is 0.376. The summed E-state index contributed by atoms with van der Waals surface area (Å²) in [5.74, 6) is 1.43. The van der Waals surface area contributed by atoms with Crippen molar-refractivity contribution in [3.8, 4) is 22.9 Å². The lowest BCUT2D eigenvalue weighted by Gasteiger charge is -2.37. The fourth-order valence-corrected chi connectivity index (χ4v) is 6.99. The van der Waals surface area contributed by atoms with Gasteiger partial charge in [0.15, 0.2) is 0 Å². The van der Waals surface area contributed by atoms with Gasteiger partial charge in [-0.25, -0.2) is 9.13 Å². The second-order valence-corrected chi connectivity index (χ2v) is 12.9. The lowest BCUT2D eigenvalue weighted by Crippen LogP contribution is -2.44. The Labute approximate surface area is 263 Å². The van der Waals surface area contributed by atoms with E-state index >= 15 is 0 Å². The van der Waals surface area contributed by atoms with Crippen LogP contribution >= 0.6 is 28.4 Å². The quantitative estimate of drug-likeness (QED) is 0.196. The van der Waals surface area contributed by atoms with Gasteiger partial charge in [-0.1, -0.05) is 19.9 Å². The van der Waals surface area contributed by atoms with E-state index in [1.165, 1.54) is 0 Å². The van der Waals surface area contributed by atoms with Crippen molar-refractivity contribution in [2.45, 2.75) is 52.1 Å². The molecule has 3 aromatic heterocycles. The monoisotopic (exact) mass is 704 g/mol. The first kappa shape index (κ1) is 31.0. The molecule has 1 unspecified atom stereocenters.